The maximum atomic E-state index is 13.7. The van der Waals surface area contributed by atoms with Crippen molar-refractivity contribution in [2.24, 2.45) is 10.9 Å². The highest BCUT2D eigenvalue weighted by molar-refractivity contribution is 5.78. The van der Waals surface area contributed by atoms with Gasteiger partial charge in [0.1, 0.15) is 11.8 Å². The van der Waals surface area contributed by atoms with Crippen molar-refractivity contribution >= 4 is 5.96 Å². The van der Waals surface area contributed by atoms with E-state index in [0.29, 0.717) is 6.42 Å². The van der Waals surface area contributed by atoms with Crippen LogP contribution in [0.2, 0.25) is 0 Å². The van der Waals surface area contributed by atoms with Crippen molar-refractivity contribution in [3.8, 4) is 17.1 Å². The second-order valence-electron chi connectivity index (χ2n) is 8.30. The lowest BCUT2D eigenvalue weighted by atomic mass is 10.1. The summed E-state index contributed by atoms with van der Waals surface area (Å²) in [6, 6.07) is 2.95. The van der Waals surface area contributed by atoms with Crippen LogP contribution in [0.15, 0.2) is 27.9 Å². The molecule has 3 rings (SSSR count). The molecule has 4 N–H and O–H groups in total. The summed E-state index contributed by atoms with van der Waals surface area (Å²) >= 11 is 0. The summed E-state index contributed by atoms with van der Waals surface area (Å²) in [5.41, 5.74) is 4.82. The second-order valence-corrected chi connectivity index (χ2v) is 8.30. The normalized spacial score (nSPS) is 19.1. The summed E-state index contributed by atoms with van der Waals surface area (Å²) < 4.78 is 51.8. The fraction of sp³-hybridized carbons (Fsp3) is 0.591. The van der Waals surface area contributed by atoms with Crippen LogP contribution in [-0.4, -0.2) is 50.6 Å². The topological polar surface area (TPSA) is 130 Å². The number of likely N-dealkylation sites (tertiary alicyclic amines) is 1. The van der Waals surface area contributed by atoms with Gasteiger partial charge in [0.15, 0.2) is 0 Å². The number of nitrogens with zero attached hydrogens (tertiary/aromatic N) is 4. The highest BCUT2D eigenvalue weighted by Crippen LogP contribution is 2.39. The predicted molar refractivity (Wildman–Crippen MR) is 117 cm³/mol. The highest BCUT2D eigenvalue weighted by Gasteiger charge is 2.38. The predicted octanol–water partition coefficient (Wildman–Crippen LogP) is 4.31. The first kappa shape index (κ1) is 25.6. The molecule has 34 heavy (non-hydrogen) atoms. The Morgan fingerprint density at radius 3 is 2.71 bits per heavy atom. The van der Waals surface area contributed by atoms with Gasteiger partial charge in [0.2, 0.25) is 17.7 Å². The smallest absolute Gasteiger partial charge is 0.419 e. The number of unbranched alkanes of at least 4 members (excludes halogenated alkanes) is 5. The van der Waals surface area contributed by atoms with Crippen molar-refractivity contribution in [2.75, 3.05) is 13.2 Å². The Bertz CT molecular complexity index is 966. The van der Waals surface area contributed by atoms with Crippen molar-refractivity contribution in [1.29, 1.82) is 0 Å². The third-order valence-corrected chi connectivity index (χ3v) is 5.70. The standard InChI is InChI=1S/C22H30F3N5O4/c1-2-3-4-5-6-7-10-33-18-9-8-14(11-16(18)22(23,24)25)19-27-20(34-29-19)17-12-15(31)13-30(17)21(26)28-32/h8-9,11,15,17,31-32H,2-7,10,12-13H2,1H3,(H2,26,28)/t15-,17-/m0/s1. The summed E-state index contributed by atoms with van der Waals surface area (Å²) in [6.07, 6.45) is 0.793. The number of oxime groups is 1. The Morgan fingerprint density at radius 1 is 1.26 bits per heavy atom. The number of ether oxygens (including phenoxy) is 1. The van der Waals surface area contributed by atoms with Crippen LogP contribution in [0.5, 0.6) is 5.75 Å². The molecule has 188 valence electrons. The molecular formula is C22H30F3N5O4. The van der Waals surface area contributed by atoms with Crippen molar-refractivity contribution in [3.05, 3.63) is 29.7 Å². The van der Waals surface area contributed by atoms with Crippen LogP contribution in [-0.2, 0) is 6.18 Å². The van der Waals surface area contributed by atoms with Gasteiger partial charge in [0.25, 0.3) is 0 Å². The fourth-order valence-electron chi connectivity index (χ4n) is 3.93. The molecule has 2 atom stereocenters. The first-order valence-electron chi connectivity index (χ1n) is 11.3. The molecule has 2 aromatic rings. The minimum atomic E-state index is -4.63. The molecule has 1 aromatic carbocycles. The van der Waals surface area contributed by atoms with E-state index in [4.69, 9.17) is 20.2 Å². The van der Waals surface area contributed by atoms with Crippen molar-refractivity contribution < 1.29 is 32.7 Å². The summed E-state index contributed by atoms with van der Waals surface area (Å²) in [6.45, 7) is 2.41. The van der Waals surface area contributed by atoms with Crippen LogP contribution in [0.3, 0.4) is 0 Å². The summed E-state index contributed by atoms with van der Waals surface area (Å²) in [7, 11) is 0. The van der Waals surface area contributed by atoms with Crippen molar-refractivity contribution in [1.82, 2.24) is 15.0 Å². The van der Waals surface area contributed by atoms with Gasteiger partial charge in [0, 0.05) is 18.5 Å². The molecule has 1 aromatic heterocycles. The lowest BCUT2D eigenvalue weighted by Gasteiger charge is -2.20. The number of halogens is 3. The van der Waals surface area contributed by atoms with E-state index in [9.17, 15) is 18.3 Å². The third-order valence-electron chi connectivity index (χ3n) is 5.70. The number of aliphatic hydroxyl groups is 1. The summed E-state index contributed by atoms with van der Waals surface area (Å²) in [5.74, 6) is -0.503. The number of guanidine groups is 1. The van der Waals surface area contributed by atoms with E-state index in [1.165, 1.54) is 17.0 Å². The third kappa shape index (κ3) is 6.31. The van der Waals surface area contributed by atoms with Gasteiger partial charge in [-0.15, -0.1) is 0 Å². The lowest BCUT2D eigenvalue weighted by molar-refractivity contribution is -0.138. The molecule has 12 heteroatoms. The van der Waals surface area contributed by atoms with Gasteiger partial charge in [-0.25, -0.2) is 0 Å². The number of β-amino-alcohol motifs (C(OH)–C–C–N with tert-alkyl or cyclic N) is 1. The van der Waals surface area contributed by atoms with E-state index in [1.54, 1.807) is 0 Å². The zero-order valence-corrected chi connectivity index (χ0v) is 19.0. The Kier molecular flexibility index (Phi) is 8.59. The first-order chi connectivity index (χ1) is 16.2. The average Bonchev–Trinajstić information content (AvgIpc) is 3.44. The molecule has 1 aliphatic rings. The number of alkyl halides is 3. The van der Waals surface area contributed by atoms with Crippen LogP contribution in [0, 0.1) is 0 Å². The zero-order valence-electron chi connectivity index (χ0n) is 19.0. The molecule has 2 heterocycles. The monoisotopic (exact) mass is 485 g/mol. The molecule has 1 aliphatic heterocycles. The SMILES string of the molecule is CCCCCCCCOc1ccc(-c2noc([C@@H]3C[C@H](O)CN3/C(N)=N/O)n2)cc1C(F)(F)F. The molecule has 0 spiro atoms. The van der Waals surface area contributed by atoms with E-state index in [2.05, 4.69) is 22.2 Å². The van der Waals surface area contributed by atoms with Gasteiger partial charge in [0.05, 0.1) is 18.3 Å². The minimum absolute atomic E-state index is 0.0371. The molecule has 0 radical (unpaired) electrons. The van der Waals surface area contributed by atoms with Crippen LogP contribution in [0.25, 0.3) is 11.4 Å². The van der Waals surface area contributed by atoms with Gasteiger partial charge in [-0.3, -0.25) is 0 Å². The Morgan fingerprint density at radius 2 is 2.00 bits per heavy atom. The van der Waals surface area contributed by atoms with Crippen LogP contribution >= 0.6 is 0 Å². The van der Waals surface area contributed by atoms with Gasteiger partial charge in [-0.1, -0.05) is 49.3 Å². The average molecular weight is 486 g/mol. The number of rotatable bonds is 10. The van der Waals surface area contributed by atoms with E-state index in [-0.39, 0.29) is 48.6 Å². The van der Waals surface area contributed by atoms with E-state index in [1.807, 2.05) is 0 Å². The fourth-order valence-corrected chi connectivity index (χ4v) is 3.93. The van der Waals surface area contributed by atoms with Crippen LogP contribution < -0.4 is 10.5 Å². The number of nitrogens with two attached hydrogens (primary N) is 1. The van der Waals surface area contributed by atoms with Gasteiger partial charge >= 0.3 is 6.18 Å². The Labute approximate surface area is 195 Å². The Balaban J connectivity index is 1.73. The van der Waals surface area contributed by atoms with Crippen molar-refractivity contribution in [2.45, 2.75) is 70.2 Å². The second kappa shape index (κ2) is 11.4. The van der Waals surface area contributed by atoms with E-state index >= 15 is 0 Å². The van der Waals surface area contributed by atoms with Crippen LogP contribution in [0.1, 0.15) is 69.4 Å². The molecule has 1 saturated heterocycles. The van der Waals surface area contributed by atoms with E-state index in [0.717, 1.165) is 38.2 Å². The van der Waals surface area contributed by atoms with E-state index < -0.39 is 23.9 Å². The number of aromatic nitrogens is 2. The molecule has 0 aliphatic carbocycles. The Hall–Kier alpha value is -3.02. The largest absolute Gasteiger partial charge is 0.493 e. The first-order valence-corrected chi connectivity index (χ1v) is 11.3. The van der Waals surface area contributed by atoms with Crippen molar-refractivity contribution in [3.63, 3.8) is 0 Å². The van der Waals surface area contributed by atoms with Gasteiger partial charge < -0.3 is 30.2 Å². The highest BCUT2D eigenvalue weighted by atomic mass is 19.4. The number of benzene rings is 1. The summed E-state index contributed by atoms with van der Waals surface area (Å²) in [5, 5.41) is 25.6. The molecular weight excluding hydrogens is 455 g/mol. The van der Waals surface area contributed by atoms with Gasteiger partial charge in [-0.05, 0) is 24.6 Å². The maximum absolute atomic E-state index is 13.7. The molecule has 0 amide bonds. The van der Waals surface area contributed by atoms with Gasteiger partial charge in [-0.2, -0.15) is 18.2 Å². The number of hydrogen-bond donors (Lipinski definition) is 3. The molecule has 9 nitrogen and oxygen atoms in total. The summed E-state index contributed by atoms with van der Waals surface area (Å²) in [4.78, 5) is 5.57. The number of aliphatic hydroxyl groups excluding tert-OH is 1. The molecule has 0 bridgehead atoms. The quantitative estimate of drug-likeness (QED) is 0.149. The molecule has 0 unspecified atom stereocenters. The minimum Gasteiger partial charge on any atom is -0.493 e. The molecule has 1 fully saturated rings. The zero-order chi connectivity index (χ0) is 24.7. The van der Waals surface area contributed by atoms with Crippen LogP contribution in [0.4, 0.5) is 13.2 Å². The lowest BCUT2D eigenvalue weighted by Crippen LogP contribution is -2.37. The maximum Gasteiger partial charge on any atom is 0.419 e. The number of hydrogen-bond acceptors (Lipinski definition) is 7. The molecule has 0 saturated carbocycles.